The highest BCUT2D eigenvalue weighted by Crippen LogP contribution is 2.32. The first-order valence-corrected chi connectivity index (χ1v) is 8.75. The molecule has 2 unspecified atom stereocenters. The number of aliphatic hydroxyl groups is 2. The van der Waals surface area contributed by atoms with Gasteiger partial charge >= 0.3 is 11.9 Å². The van der Waals surface area contributed by atoms with Crippen LogP contribution in [0.5, 0.6) is 23.0 Å². The lowest BCUT2D eigenvalue weighted by Gasteiger charge is -2.34. The lowest BCUT2D eigenvalue weighted by atomic mass is 9.73. The first kappa shape index (κ1) is 24.1. The SMILES string of the molecule is O=C(O)C(O)(C(=O)Cc1ccc(O)c(O)c1)C(O)(C(=O)O)C(=O)Cc1ccc(O)c(O)c1. The maximum atomic E-state index is 12.7. The average Bonchev–Trinajstić information content (AvgIpc) is 2.71. The van der Waals surface area contributed by atoms with Gasteiger partial charge in [-0.2, -0.15) is 0 Å². The van der Waals surface area contributed by atoms with Crippen LogP contribution in [0.25, 0.3) is 0 Å². The molecule has 2 rings (SSSR count). The van der Waals surface area contributed by atoms with E-state index in [0.29, 0.717) is 0 Å². The van der Waals surface area contributed by atoms with Gasteiger partial charge in [-0.15, -0.1) is 0 Å². The average molecular weight is 450 g/mol. The topological polar surface area (TPSA) is 230 Å². The summed E-state index contributed by atoms with van der Waals surface area (Å²) in [5.74, 6) is -11.2. The van der Waals surface area contributed by atoms with Crippen molar-refractivity contribution in [2.24, 2.45) is 0 Å². The molecule has 0 aliphatic carbocycles. The van der Waals surface area contributed by atoms with Gasteiger partial charge in [0.1, 0.15) is 0 Å². The predicted octanol–water partition coefficient (Wildman–Crippen LogP) is -0.936. The van der Waals surface area contributed by atoms with Gasteiger partial charge in [0.15, 0.2) is 34.6 Å². The summed E-state index contributed by atoms with van der Waals surface area (Å²) in [6.07, 6.45) is -2.08. The summed E-state index contributed by atoms with van der Waals surface area (Å²) in [6.45, 7) is 0. The number of phenols is 4. The van der Waals surface area contributed by atoms with Gasteiger partial charge in [0, 0.05) is 12.8 Å². The van der Waals surface area contributed by atoms with Crippen molar-refractivity contribution in [3.8, 4) is 23.0 Å². The molecule has 0 bridgehead atoms. The van der Waals surface area contributed by atoms with Crippen molar-refractivity contribution >= 4 is 23.5 Å². The second-order valence-corrected chi connectivity index (χ2v) is 6.88. The van der Waals surface area contributed by atoms with Crippen LogP contribution in [-0.4, -0.2) is 75.6 Å². The smallest absolute Gasteiger partial charge is 0.347 e. The summed E-state index contributed by atoms with van der Waals surface area (Å²) in [5, 5.41) is 77.6. The molecule has 0 saturated heterocycles. The molecule has 0 saturated carbocycles. The number of Topliss-reactive ketones (excluding diaryl/α,β-unsaturated/α-hetero) is 2. The molecule has 8 N–H and O–H groups in total. The normalized spacial score (nSPS) is 14.7. The Balaban J connectivity index is 2.50. The van der Waals surface area contributed by atoms with Gasteiger partial charge < -0.3 is 40.9 Å². The first-order chi connectivity index (χ1) is 14.7. The number of carbonyl (C=O) groups is 4. The summed E-state index contributed by atoms with van der Waals surface area (Å²) in [7, 11) is 0. The first-order valence-electron chi connectivity index (χ1n) is 8.75. The number of phenolic OH excluding ortho intramolecular Hbond substituents is 4. The zero-order valence-electron chi connectivity index (χ0n) is 16.1. The third-order valence-electron chi connectivity index (χ3n) is 4.76. The van der Waals surface area contributed by atoms with Gasteiger partial charge in [-0.3, -0.25) is 9.59 Å². The molecular formula is C20H18O12. The Kier molecular flexibility index (Phi) is 6.43. The third kappa shape index (κ3) is 4.04. The highest BCUT2D eigenvalue weighted by atomic mass is 16.5. The van der Waals surface area contributed by atoms with Crippen LogP contribution in [0.1, 0.15) is 11.1 Å². The number of benzene rings is 2. The van der Waals surface area contributed by atoms with Crippen molar-refractivity contribution in [1.82, 2.24) is 0 Å². The molecule has 12 nitrogen and oxygen atoms in total. The third-order valence-corrected chi connectivity index (χ3v) is 4.76. The second-order valence-electron chi connectivity index (χ2n) is 6.88. The van der Waals surface area contributed by atoms with E-state index in [0.717, 1.165) is 36.4 Å². The number of aromatic hydroxyl groups is 4. The van der Waals surface area contributed by atoms with Gasteiger partial charge in [-0.1, -0.05) is 12.1 Å². The summed E-state index contributed by atoms with van der Waals surface area (Å²) in [4.78, 5) is 48.9. The lowest BCUT2D eigenvalue weighted by molar-refractivity contribution is -0.207. The minimum Gasteiger partial charge on any atom is -0.504 e. The predicted molar refractivity (Wildman–Crippen MR) is 102 cm³/mol. The molecule has 2 atom stereocenters. The minimum absolute atomic E-state index is 0.173. The number of carbonyl (C=O) groups excluding carboxylic acids is 2. The van der Waals surface area contributed by atoms with Gasteiger partial charge in [0.25, 0.3) is 11.2 Å². The molecule has 0 aliphatic rings. The standard InChI is InChI=1S/C20H18O12/c21-11-3-1-9(5-13(11)23)7-15(25)19(31,17(27)28)20(32,18(29)30)16(26)8-10-2-4-12(22)14(24)6-10/h1-6,21-24,31-32H,7-8H2,(H,27,28)(H,29,30). The molecule has 2 aromatic rings. The van der Waals surface area contributed by atoms with Crippen molar-refractivity contribution in [2.75, 3.05) is 0 Å². The number of ketones is 2. The van der Waals surface area contributed by atoms with E-state index >= 15 is 0 Å². The van der Waals surface area contributed by atoms with Crippen LogP contribution < -0.4 is 0 Å². The Hall–Kier alpha value is -4.16. The monoisotopic (exact) mass is 450 g/mol. The van der Waals surface area contributed by atoms with Crippen molar-refractivity contribution in [3.63, 3.8) is 0 Å². The van der Waals surface area contributed by atoms with Crippen molar-refractivity contribution in [3.05, 3.63) is 47.5 Å². The molecule has 2 aromatic carbocycles. The highest BCUT2D eigenvalue weighted by Gasteiger charge is 2.68. The van der Waals surface area contributed by atoms with Crippen LogP contribution in [0.4, 0.5) is 0 Å². The van der Waals surface area contributed by atoms with E-state index < -0.39 is 70.5 Å². The maximum absolute atomic E-state index is 12.7. The molecule has 170 valence electrons. The summed E-state index contributed by atoms with van der Waals surface area (Å²) < 4.78 is 0. The van der Waals surface area contributed by atoms with Crippen LogP contribution in [0.3, 0.4) is 0 Å². The number of carboxylic acid groups (broad SMARTS) is 2. The summed E-state index contributed by atoms with van der Waals surface area (Å²) in [6, 6.07) is 5.63. The van der Waals surface area contributed by atoms with E-state index in [2.05, 4.69) is 0 Å². The second kappa shape index (κ2) is 8.53. The molecule has 0 aromatic heterocycles. The van der Waals surface area contributed by atoms with Crippen LogP contribution in [0, 0.1) is 0 Å². The quantitative estimate of drug-likeness (QED) is 0.171. The van der Waals surface area contributed by atoms with E-state index in [1.54, 1.807) is 0 Å². The molecule has 0 heterocycles. The van der Waals surface area contributed by atoms with E-state index in [1.165, 1.54) is 0 Å². The number of hydrogen-bond donors (Lipinski definition) is 8. The van der Waals surface area contributed by atoms with Crippen LogP contribution in [0.15, 0.2) is 36.4 Å². The Morgan fingerprint density at radius 1 is 0.594 bits per heavy atom. The fraction of sp³-hybridized carbons (Fsp3) is 0.200. The van der Waals surface area contributed by atoms with Gasteiger partial charge in [-0.05, 0) is 35.4 Å². The van der Waals surface area contributed by atoms with Gasteiger partial charge in [0.05, 0.1) is 0 Å². The minimum atomic E-state index is -4.15. The summed E-state index contributed by atoms with van der Waals surface area (Å²) >= 11 is 0. The van der Waals surface area contributed by atoms with Gasteiger partial charge in [0.2, 0.25) is 0 Å². The fourth-order valence-corrected chi connectivity index (χ4v) is 2.94. The van der Waals surface area contributed by atoms with Crippen LogP contribution in [-0.2, 0) is 32.0 Å². The van der Waals surface area contributed by atoms with E-state index in [9.17, 15) is 60.0 Å². The number of aliphatic carboxylic acids is 2. The van der Waals surface area contributed by atoms with Crippen molar-refractivity contribution < 1.29 is 60.0 Å². The molecule has 0 amide bonds. The van der Waals surface area contributed by atoms with Gasteiger partial charge in [-0.25, -0.2) is 9.59 Å². The Morgan fingerprint density at radius 2 is 0.906 bits per heavy atom. The van der Waals surface area contributed by atoms with E-state index in [1.807, 2.05) is 0 Å². The Labute approximate surface area is 178 Å². The van der Waals surface area contributed by atoms with Crippen LogP contribution >= 0.6 is 0 Å². The molecular weight excluding hydrogens is 432 g/mol. The highest BCUT2D eigenvalue weighted by molar-refractivity contribution is 6.22. The molecule has 0 spiro atoms. The molecule has 0 fully saturated rings. The van der Waals surface area contributed by atoms with E-state index in [-0.39, 0.29) is 11.1 Å². The number of rotatable bonds is 9. The number of carboxylic acids is 2. The van der Waals surface area contributed by atoms with Crippen LogP contribution in [0.2, 0.25) is 0 Å². The molecule has 0 radical (unpaired) electrons. The fourth-order valence-electron chi connectivity index (χ4n) is 2.94. The molecule has 32 heavy (non-hydrogen) atoms. The Bertz CT molecular complexity index is 1020. The summed E-state index contributed by atoms with van der Waals surface area (Å²) in [5.41, 5.74) is -8.65. The number of hydrogen-bond acceptors (Lipinski definition) is 10. The zero-order chi connectivity index (χ0) is 24.4. The van der Waals surface area contributed by atoms with Crippen molar-refractivity contribution in [1.29, 1.82) is 0 Å². The molecule has 0 aliphatic heterocycles. The Morgan fingerprint density at radius 3 is 1.16 bits per heavy atom. The van der Waals surface area contributed by atoms with E-state index in [4.69, 9.17) is 0 Å². The maximum Gasteiger partial charge on any atom is 0.347 e. The largest absolute Gasteiger partial charge is 0.504 e. The molecule has 12 heteroatoms. The lowest BCUT2D eigenvalue weighted by Crippen LogP contribution is -2.72. The van der Waals surface area contributed by atoms with Crippen molar-refractivity contribution in [2.45, 2.75) is 24.0 Å². The zero-order valence-corrected chi connectivity index (χ0v) is 16.1.